The van der Waals surface area contributed by atoms with Crippen molar-refractivity contribution in [2.45, 2.75) is 39.2 Å². The van der Waals surface area contributed by atoms with Gasteiger partial charge in [0.15, 0.2) is 5.78 Å². The number of hydrogen-bond donors (Lipinski definition) is 1. The minimum absolute atomic E-state index is 0.117. The van der Waals surface area contributed by atoms with Gasteiger partial charge in [-0.3, -0.25) is 4.79 Å². The van der Waals surface area contributed by atoms with Crippen LogP contribution < -0.4 is 10.1 Å². The molecular formula is C19H24FNO4. The molecule has 1 N–H and O–H groups in total. The maximum Gasteiger partial charge on any atom is 0.407 e. The van der Waals surface area contributed by atoms with Gasteiger partial charge in [-0.15, -0.1) is 0 Å². The molecule has 1 aliphatic rings. The van der Waals surface area contributed by atoms with E-state index in [-0.39, 0.29) is 18.9 Å². The molecule has 0 saturated carbocycles. The van der Waals surface area contributed by atoms with Gasteiger partial charge in [0.25, 0.3) is 0 Å². The van der Waals surface area contributed by atoms with E-state index >= 15 is 0 Å². The number of rotatable bonds is 6. The molecule has 2 rings (SSSR count). The summed E-state index contributed by atoms with van der Waals surface area (Å²) in [6.07, 6.45) is 2.09. The molecule has 1 aliphatic carbocycles. The molecule has 0 spiro atoms. The zero-order chi connectivity index (χ0) is 18.4. The molecule has 0 radical (unpaired) electrons. The highest BCUT2D eigenvalue weighted by Gasteiger charge is 2.20. The van der Waals surface area contributed by atoms with Gasteiger partial charge >= 0.3 is 6.09 Å². The first-order chi connectivity index (χ1) is 11.8. The van der Waals surface area contributed by atoms with E-state index in [2.05, 4.69) is 5.32 Å². The number of halogens is 1. The van der Waals surface area contributed by atoms with Crippen LogP contribution >= 0.6 is 0 Å². The number of hydrogen-bond acceptors (Lipinski definition) is 4. The van der Waals surface area contributed by atoms with Crippen LogP contribution in [-0.4, -0.2) is 37.3 Å². The van der Waals surface area contributed by atoms with Gasteiger partial charge in [-0.2, -0.15) is 0 Å². The van der Waals surface area contributed by atoms with Crippen molar-refractivity contribution in [1.82, 2.24) is 5.32 Å². The molecule has 1 aromatic rings. The summed E-state index contributed by atoms with van der Waals surface area (Å²) in [4.78, 5) is 23.4. The summed E-state index contributed by atoms with van der Waals surface area (Å²) in [5.74, 6) is 0.669. The van der Waals surface area contributed by atoms with E-state index in [4.69, 9.17) is 9.47 Å². The predicted molar refractivity (Wildman–Crippen MR) is 92.9 cm³/mol. The van der Waals surface area contributed by atoms with Crippen molar-refractivity contribution in [1.29, 1.82) is 0 Å². The van der Waals surface area contributed by atoms with Crippen LogP contribution in [0.2, 0.25) is 0 Å². The van der Waals surface area contributed by atoms with Crippen LogP contribution in [0.25, 0.3) is 0 Å². The van der Waals surface area contributed by atoms with Gasteiger partial charge in [0.2, 0.25) is 0 Å². The van der Waals surface area contributed by atoms with Crippen LogP contribution in [0.1, 0.15) is 43.1 Å². The number of amides is 1. The number of allylic oxidation sites excluding steroid dienone is 1. The fourth-order valence-corrected chi connectivity index (χ4v) is 2.47. The average molecular weight is 349 g/mol. The Kier molecular flexibility index (Phi) is 6.17. The summed E-state index contributed by atoms with van der Waals surface area (Å²) >= 11 is 0. The van der Waals surface area contributed by atoms with E-state index in [1.807, 2.05) is 6.07 Å². The smallest absolute Gasteiger partial charge is 0.407 e. The van der Waals surface area contributed by atoms with Gasteiger partial charge in [-0.1, -0.05) is 6.07 Å². The molecule has 0 saturated heterocycles. The molecule has 0 aromatic heterocycles. The molecule has 0 fully saturated rings. The highest BCUT2D eigenvalue weighted by Crippen LogP contribution is 2.26. The lowest BCUT2D eigenvalue weighted by atomic mass is 10.1. The Hall–Kier alpha value is -2.37. The van der Waals surface area contributed by atoms with Gasteiger partial charge in [-0.25, -0.2) is 9.18 Å². The third-order valence-electron chi connectivity index (χ3n) is 3.65. The zero-order valence-electron chi connectivity index (χ0n) is 14.9. The number of aryl methyl sites for hydroxylation is 1. The highest BCUT2D eigenvalue weighted by molar-refractivity contribution is 6.00. The molecule has 6 heteroatoms. The molecular weight excluding hydrogens is 325 g/mol. The van der Waals surface area contributed by atoms with Crippen LogP contribution in [0, 0.1) is 0 Å². The maximum absolute atomic E-state index is 12.7. The molecule has 1 aromatic carbocycles. The Balaban J connectivity index is 1.90. The number of ketones is 1. The minimum Gasteiger partial charge on any atom is -0.489 e. The monoisotopic (exact) mass is 349 g/mol. The van der Waals surface area contributed by atoms with Crippen molar-refractivity contribution in [3.8, 4) is 5.75 Å². The van der Waals surface area contributed by atoms with Crippen molar-refractivity contribution >= 4 is 11.9 Å². The molecule has 0 atom stereocenters. The summed E-state index contributed by atoms with van der Waals surface area (Å²) in [7, 11) is 0. The van der Waals surface area contributed by atoms with E-state index < -0.39 is 18.4 Å². The number of ether oxygens (including phenoxy) is 2. The molecule has 0 unspecified atom stereocenters. The average Bonchev–Trinajstić information content (AvgIpc) is 2.89. The van der Waals surface area contributed by atoms with E-state index in [1.54, 1.807) is 32.9 Å². The number of alkyl carbamates (subject to hydrolysis) is 1. The van der Waals surface area contributed by atoms with Crippen LogP contribution in [0.5, 0.6) is 5.75 Å². The zero-order valence-corrected chi connectivity index (χ0v) is 14.9. The van der Waals surface area contributed by atoms with E-state index in [9.17, 15) is 14.0 Å². The third kappa shape index (κ3) is 5.89. The molecule has 0 heterocycles. The second-order valence-electron chi connectivity index (χ2n) is 6.90. The number of alkyl halides is 1. The number of Topliss-reactive ketones (excluding diaryl/α,β-unsaturated/α-hetero) is 1. The van der Waals surface area contributed by atoms with E-state index in [1.165, 1.54) is 6.08 Å². The van der Waals surface area contributed by atoms with Gasteiger partial charge < -0.3 is 14.8 Å². The molecule has 1 amide bonds. The fraction of sp³-hybridized carbons (Fsp3) is 0.474. The Morgan fingerprint density at radius 3 is 2.76 bits per heavy atom. The first kappa shape index (κ1) is 19.0. The number of fused-ring (bicyclic) bond motifs is 1. The highest BCUT2D eigenvalue weighted by atomic mass is 19.1. The van der Waals surface area contributed by atoms with Crippen molar-refractivity contribution in [3.63, 3.8) is 0 Å². The quantitative estimate of drug-likeness (QED) is 0.797. The fourth-order valence-electron chi connectivity index (χ4n) is 2.47. The van der Waals surface area contributed by atoms with Crippen molar-refractivity contribution in [3.05, 3.63) is 41.0 Å². The van der Waals surface area contributed by atoms with Crippen molar-refractivity contribution in [2.24, 2.45) is 0 Å². The van der Waals surface area contributed by atoms with Gasteiger partial charge in [0.1, 0.15) is 24.6 Å². The first-order valence-corrected chi connectivity index (χ1v) is 8.28. The standard InChI is InChI=1S/C19H24FNO4/c1-19(2,3)25-18(23)21-11-13(8-9-20)12-24-15-6-4-14-5-7-17(22)16(14)10-15/h4,6,8,10H,5,7,9,11-12H2,1-3H3,(H,21,23)/b13-8-. The lowest BCUT2D eigenvalue weighted by Crippen LogP contribution is -2.34. The summed E-state index contributed by atoms with van der Waals surface area (Å²) in [5.41, 5.74) is 1.71. The van der Waals surface area contributed by atoms with Crippen LogP contribution in [0.4, 0.5) is 9.18 Å². The van der Waals surface area contributed by atoms with Gasteiger partial charge in [0.05, 0.1) is 0 Å². The van der Waals surface area contributed by atoms with Crippen LogP contribution in [0.15, 0.2) is 29.8 Å². The normalized spacial score (nSPS) is 14.2. The van der Waals surface area contributed by atoms with Crippen LogP contribution in [0.3, 0.4) is 0 Å². The predicted octanol–water partition coefficient (Wildman–Crippen LogP) is 3.61. The maximum atomic E-state index is 12.7. The number of carbonyl (C=O) groups is 2. The summed E-state index contributed by atoms with van der Waals surface area (Å²) < 4.78 is 23.5. The Bertz CT molecular complexity index is 676. The minimum atomic E-state index is -0.655. The first-order valence-electron chi connectivity index (χ1n) is 8.28. The largest absolute Gasteiger partial charge is 0.489 e. The molecule has 136 valence electrons. The Morgan fingerprint density at radius 2 is 2.08 bits per heavy atom. The van der Waals surface area contributed by atoms with E-state index in [0.29, 0.717) is 23.3 Å². The second kappa shape index (κ2) is 8.14. The van der Waals surface area contributed by atoms with E-state index in [0.717, 1.165) is 12.0 Å². The molecule has 0 aliphatic heterocycles. The Morgan fingerprint density at radius 1 is 1.32 bits per heavy atom. The van der Waals surface area contributed by atoms with Crippen molar-refractivity contribution < 1.29 is 23.5 Å². The molecule has 0 bridgehead atoms. The SMILES string of the molecule is CC(C)(C)OC(=O)NC/C(=C/CF)COc1ccc2c(c1)C(=O)CC2. The third-order valence-corrected chi connectivity index (χ3v) is 3.65. The van der Waals surface area contributed by atoms with Gasteiger partial charge in [-0.05, 0) is 56.5 Å². The van der Waals surface area contributed by atoms with Gasteiger partial charge in [0, 0.05) is 18.5 Å². The lowest BCUT2D eigenvalue weighted by molar-refractivity contribution is 0.0531. The number of nitrogens with one attached hydrogen (secondary N) is 1. The lowest BCUT2D eigenvalue weighted by Gasteiger charge is -2.20. The second-order valence-corrected chi connectivity index (χ2v) is 6.90. The summed E-state index contributed by atoms with van der Waals surface area (Å²) in [6, 6.07) is 5.40. The molecule has 5 nitrogen and oxygen atoms in total. The summed E-state index contributed by atoms with van der Waals surface area (Å²) in [5, 5.41) is 2.58. The Labute approximate surface area is 147 Å². The van der Waals surface area contributed by atoms with Crippen molar-refractivity contribution in [2.75, 3.05) is 19.8 Å². The number of benzene rings is 1. The molecule has 25 heavy (non-hydrogen) atoms. The number of carbonyl (C=O) groups excluding carboxylic acids is 2. The topological polar surface area (TPSA) is 64.6 Å². The summed E-state index contributed by atoms with van der Waals surface area (Å²) in [6.45, 7) is 4.89. The van der Waals surface area contributed by atoms with Crippen LogP contribution in [-0.2, 0) is 11.2 Å².